The molecule has 2 aromatic heterocycles. The summed E-state index contributed by atoms with van der Waals surface area (Å²) in [5.74, 6) is -0.460. The maximum Gasteiger partial charge on any atom is 0.416 e. The van der Waals surface area contributed by atoms with Gasteiger partial charge in [-0.15, -0.1) is 0 Å². The Morgan fingerprint density at radius 1 is 1.05 bits per heavy atom. The summed E-state index contributed by atoms with van der Waals surface area (Å²) in [6.07, 6.45) is -1.16. The summed E-state index contributed by atoms with van der Waals surface area (Å²) in [5, 5.41) is 4.38. The first-order chi connectivity index (χ1) is 19.4. The molecule has 0 fully saturated rings. The van der Waals surface area contributed by atoms with E-state index >= 15 is 0 Å². The number of carbonyl (C=O) groups excluding carboxylic acids is 1. The summed E-state index contributed by atoms with van der Waals surface area (Å²) < 4.78 is 40.6. The quantitative estimate of drug-likeness (QED) is 0.354. The van der Waals surface area contributed by atoms with Crippen LogP contribution in [-0.2, 0) is 13.2 Å². The maximum absolute atomic E-state index is 13.4. The number of carbonyl (C=O) groups is 1. The van der Waals surface area contributed by atoms with Gasteiger partial charge in [-0.1, -0.05) is 12.1 Å². The van der Waals surface area contributed by atoms with Crippen LogP contribution < -0.4 is 16.3 Å². The number of anilines is 2. The lowest BCUT2D eigenvalue weighted by molar-refractivity contribution is -0.137. The molecular formula is C28H25F3N8O2. The zero-order valence-corrected chi connectivity index (χ0v) is 22.5. The molecule has 0 aliphatic carbocycles. The van der Waals surface area contributed by atoms with Crippen molar-refractivity contribution in [3.05, 3.63) is 87.5 Å². The van der Waals surface area contributed by atoms with E-state index in [-0.39, 0.29) is 22.9 Å². The number of aromatic nitrogens is 4. The van der Waals surface area contributed by atoms with Gasteiger partial charge in [0.15, 0.2) is 5.65 Å². The first-order valence-corrected chi connectivity index (χ1v) is 12.5. The lowest BCUT2D eigenvalue weighted by Gasteiger charge is -2.26. The number of amides is 1. The Morgan fingerprint density at radius 2 is 1.83 bits per heavy atom. The van der Waals surface area contributed by atoms with Crippen LogP contribution in [0.1, 0.15) is 35.3 Å². The number of aliphatic imine (C=N–C) groups is 1. The fourth-order valence-corrected chi connectivity index (χ4v) is 4.30. The molecule has 1 aliphatic heterocycles. The molecule has 1 amide bonds. The predicted molar refractivity (Wildman–Crippen MR) is 149 cm³/mol. The van der Waals surface area contributed by atoms with Crippen molar-refractivity contribution >= 4 is 34.4 Å². The van der Waals surface area contributed by atoms with Crippen LogP contribution in [0, 0.1) is 6.92 Å². The van der Waals surface area contributed by atoms with Crippen LogP contribution in [0.15, 0.2) is 70.2 Å². The fourth-order valence-electron chi connectivity index (χ4n) is 4.30. The highest BCUT2D eigenvalue weighted by molar-refractivity contribution is 6.04. The van der Waals surface area contributed by atoms with Crippen LogP contribution in [0.2, 0.25) is 0 Å². The van der Waals surface area contributed by atoms with E-state index in [0.29, 0.717) is 29.0 Å². The minimum absolute atomic E-state index is 0.108. The fraction of sp³-hybridized carbons (Fsp3) is 0.214. The van der Waals surface area contributed by atoms with Gasteiger partial charge in [0.1, 0.15) is 17.9 Å². The standard InChI is InChI=1S/C28H25F3N8O2/c1-15-8-9-20(34-25(40)18-6-5-7-19(11-18)28(29,30)31)12-21(15)23-26(41)38(4)24-22(35-23)13-32-27(36-24)37-39-14-33-16(2)10-17(39)3/h5-13H,14H2,1-4H3,(H,34,40)(H,32,36,37). The number of allylic oxidation sites excluding steroid dienone is 2. The number of hydrazine groups is 1. The van der Waals surface area contributed by atoms with Gasteiger partial charge in [0, 0.05) is 35.3 Å². The van der Waals surface area contributed by atoms with E-state index in [9.17, 15) is 22.8 Å². The number of hydrogen-bond acceptors (Lipinski definition) is 8. The zero-order valence-electron chi connectivity index (χ0n) is 22.5. The topological polar surface area (TPSA) is 117 Å². The summed E-state index contributed by atoms with van der Waals surface area (Å²) in [6, 6.07) is 8.98. The minimum Gasteiger partial charge on any atom is -0.322 e. The van der Waals surface area contributed by atoms with Crippen molar-refractivity contribution in [2.45, 2.75) is 26.9 Å². The van der Waals surface area contributed by atoms with E-state index in [1.54, 1.807) is 37.2 Å². The number of rotatable bonds is 5. The first kappa shape index (κ1) is 27.5. The van der Waals surface area contributed by atoms with Gasteiger partial charge in [0.25, 0.3) is 11.5 Å². The predicted octanol–water partition coefficient (Wildman–Crippen LogP) is 4.93. The van der Waals surface area contributed by atoms with Gasteiger partial charge in [-0.05, 0) is 62.7 Å². The van der Waals surface area contributed by atoms with E-state index in [2.05, 4.69) is 30.7 Å². The third-order valence-corrected chi connectivity index (χ3v) is 6.55. The molecule has 0 saturated heterocycles. The van der Waals surface area contributed by atoms with Gasteiger partial charge in [-0.25, -0.2) is 9.97 Å². The molecule has 0 bridgehead atoms. The Bertz CT molecular complexity index is 1810. The molecule has 0 atom stereocenters. The number of hydrogen-bond donors (Lipinski definition) is 2. The number of fused-ring (bicyclic) bond motifs is 1. The van der Waals surface area contributed by atoms with Crippen LogP contribution in [0.5, 0.6) is 0 Å². The number of benzene rings is 2. The Hall–Kier alpha value is -5.07. The highest BCUT2D eigenvalue weighted by atomic mass is 19.4. The number of aryl methyl sites for hydroxylation is 2. The Balaban J connectivity index is 1.45. The van der Waals surface area contributed by atoms with Crippen molar-refractivity contribution in [2.24, 2.45) is 12.0 Å². The molecule has 5 rings (SSSR count). The van der Waals surface area contributed by atoms with Gasteiger partial charge in [-0.2, -0.15) is 18.2 Å². The second kappa shape index (κ2) is 10.5. The smallest absolute Gasteiger partial charge is 0.322 e. The normalized spacial score (nSPS) is 13.6. The molecule has 1 aliphatic rings. The van der Waals surface area contributed by atoms with Gasteiger partial charge < -0.3 is 5.32 Å². The highest BCUT2D eigenvalue weighted by Crippen LogP contribution is 2.30. The second-order valence-electron chi connectivity index (χ2n) is 9.56. The van der Waals surface area contributed by atoms with E-state index < -0.39 is 23.2 Å². The summed E-state index contributed by atoms with van der Waals surface area (Å²) in [6.45, 7) is 6.00. The van der Waals surface area contributed by atoms with E-state index in [1.165, 1.54) is 22.9 Å². The summed E-state index contributed by atoms with van der Waals surface area (Å²) >= 11 is 0. The molecule has 2 N–H and O–H groups in total. The van der Waals surface area contributed by atoms with Crippen molar-refractivity contribution in [1.29, 1.82) is 0 Å². The van der Waals surface area contributed by atoms with Crippen LogP contribution in [0.4, 0.5) is 24.8 Å². The maximum atomic E-state index is 13.4. The van der Waals surface area contributed by atoms with Crippen molar-refractivity contribution < 1.29 is 18.0 Å². The van der Waals surface area contributed by atoms with Gasteiger partial charge in [-0.3, -0.25) is 29.6 Å². The molecule has 0 unspecified atom stereocenters. The first-order valence-electron chi connectivity index (χ1n) is 12.5. The Morgan fingerprint density at radius 3 is 2.56 bits per heavy atom. The zero-order chi connectivity index (χ0) is 29.5. The number of nitrogens with zero attached hydrogens (tertiary/aromatic N) is 6. The molecule has 0 spiro atoms. The van der Waals surface area contributed by atoms with Gasteiger partial charge >= 0.3 is 6.18 Å². The molecule has 2 aromatic carbocycles. The van der Waals surface area contributed by atoms with Crippen molar-refractivity contribution in [2.75, 3.05) is 17.4 Å². The minimum atomic E-state index is -4.58. The van der Waals surface area contributed by atoms with E-state index in [0.717, 1.165) is 23.5 Å². The number of halogens is 3. The van der Waals surface area contributed by atoms with Crippen LogP contribution in [-0.4, -0.2) is 42.8 Å². The molecule has 4 aromatic rings. The lowest BCUT2D eigenvalue weighted by atomic mass is 10.0. The third kappa shape index (κ3) is 5.64. The summed E-state index contributed by atoms with van der Waals surface area (Å²) in [7, 11) is 1.57. The average molecular weight is 563 g/mol. The number of alkyl halides is 3. The molecule has 41 heavy (non-hydrogen) atoms. The second-order valence-corrected chi connectivity index (χ2v) is 9.56. The van der Waals surface area contributed by atoms with E-state index in [4.69, 9.17) is 0 Å². The lowest BCUT2D eigenvalue weighted by Crippen LogP contribution is -2.32. The van der Waals surface area contributed by atoms with Crippen LogP contribution in [0.3, 0.4) is 0 Å². The molecule has 10 nitrogen and oxygen atoms in total. The molecule has 0 saturated carbocycles. The average Bonchev–Trinajstić information content (AvgIpc) is 2.93. The molecule has 0 radical (unpaired) electrons. The van der Waals surface area contributed by atoms with Crippen molar-refractivity contribution in [1.82, 2.24) is 24.5 Å². The molecule has 210 valence electrons. The summed E-state index contributed by atoms with van der Waals surface area (Å²) in [4.78, 5) is 43.9. The number of nitrogens with one attached hydrogen (secondary N) is 2. The van der Waals surface area contributed by atoms with Crippen molar-refractivity contribution in [3.63, 3.8) is 0 Å². The Kier molecular flexibility index (Phi) is 7.03. The molecule has 13 heteroatoms. The van der Waals surface area contributed by atoms with Crippen molar-refractivity contribution in [3.8, 4) is 11.3 Å². The molecule has 3 heterocycles. The molecular weight excluding hydrogens is 537 g/mol. The Labute approximate surface area is 232 Å². The van der Waals surface area contributed by atoms with Crippen LogP contribution >= 0.6 is 0 Å². The third-order valence-electron chi connectivity index (χ3n) is 6.55. The SMILES string of the molecule is CC1=CC(C)=NCN1Nc1ncc2nc(-c3cc(NC(=O)c4cccc(C(F)(F)F)c4)ccc3C)c(=O)n(C)c2n1. The highest BCUT2D eigenvalue weighted by Gasteiger charge is 2.31. The van der Waals surface area contributed by atoms with Gasteiger partial charge in [0.05, 0.1) is 11.8 Å². The van der Waals surface area contributed by atoms with Gasteiger partial charge in [0.2, 0.25) is 5.95 Å². The largest absolute Gasteiger partial charge is 0.416 e. The summed E-state index contributed by atoms with van der Waals surface area (Å²) in [5.41, 5.74) is 5.63. The monoisotopic (exact) mass is 562 g/mol. The van der Waals surface area contributed by atoms with Crippen LogP contribution in [0.25, 0.3) is 22.4 Å². The van der Waals surface area contributed by atoms with E-state index in [1.807, 2.05) is 19.9 Å².